The van der Waals surface area contributed by atoms with Crippen molar-refractivity contribution in [2.75, 3.05) is 13.1 Å². The fraction of sp³-hybridized carbons (Fsp3) is 1.00. The first kappa shape index (κ1) is 11.4. The van der Waals surface area contributed by atoms with Crippen LogP contribution in [-0.4, -0.2) is 35.0 Å². The molecular weight excluding hydrogens is 190 g/mol. The normalized spacial score (nSPS) is 27.6. The summed E-state index contributed by atoms with van der Waals surface area (Å²) >= 11 is 0. The van der Waals surface area contributed by atoms with Crippen molar-refractivity contribution in [2.24, 2.45) is 5.92 Å². The molecule has 2 aliphatic carbocycles. The maximum atomic E-state index is 10.2. The second kappa shape index (κ2) is 4.81. The molecule has 0 bridgehead atoms. The minimum absolute atomic E-state index is 0.197. The maximum Gasteiger partial charge on any atom is 0.0771 e. The van der Waals surface area contributed by atoms with Gasteiger partial charge in [-0.1, -0.05) is 19.3 Å². The molecule has 0 radical (unpaired) electrons. The molecule has 2 saturated carbocycles. The summed E-state index contributed by atoms with van der Waals surface area (Å²) in [5.41, 5.74) is -0.498. The van der Waals surface area contributed by atoms with Gasteiger partial charge in [-0.2, -0.15) is 0 Å². The Balaban J connectivity index is 1.63. The monoisotopic (exact) mass is 213 g/mol. The van der Waals surface area contributed by atoms with Crippen LogP contribution in [0.1, 0.15) is 44.9 Å². The average Bonchev–Trinajstić information content (AvgIpc) is 3.01. The van der Waals surface area contributed by atoms with Crippen LogP contribution in [-0.2, 0) is 0 Å². The number of aliphatic hydroxyl groups excluding tert-OH is 1. The van der Waals surface area contributed by atoms with E-state index < -0.39 is 5.60 Å². The Labute approximate surface area is 91.9 Å². The van der Waals surface area contributed by atoms with Crippen LogP contribution in [0.3, 0.4) is 0 Å². The van der Waals surface area contributed by atoms with E-state index in [1.807, 2.05) is 0 Å². The molecule has 0 aliphatic heterocycles. The Morgan fingerprint density at radius 1 is 1.20 bits per heavy atom. The van der Waals surface area contributed by atoms with Crippen molar-refractivity contribution in [3.63, 3.8) is 0 Å². The van der Waals surface area contributed by atoms with Crippen LogP contribution >= 0.6 is 0 Å². The summed E-state index contributed by atoms with van der Waals surface area (Å²) in [4.78, 5) is 0. The van der Waals surface area contributed by atoms with Crippen LogP contribution in [0.15, 0.2) is 0 Å². The zero-order valence-electron chi connectivity index (χ0n) is 9.41. The van der Waals surface area contributed by atoms with E-state index in [0.717, 1.165) is 25.7 Å². The van der Waals surface area contributed by atoms with Gasteiger partial charge in [0.05, 0.1) is 11.7 Å². The summed E-state index contributed by atoms with van der Waals surface area (Å²) in [5.74, 6) is 0.526. The van der Waals surface area contributed by atoms with Crippen molar-refractivity contribution in [1.82, 2.24) is 5.32 Å². The van der Waals surface area contributed by atoms with Gasteiger partial charge in [-0.05, 0) is 31.6 Å². The van der Waals surface area contributed by atoms with E-state index in [1.165, 1.54) is 19.3 Å². The number of aliphatic hydroxyl groups is 2. The first-order valence-corrected chi connectivity index (χ1v) is 6.31. The molecule has 0 aromatic rings. The highest BCUT2D eigenvalue weighted by atomic mass is 16.3. The molecule has 0 aromatic heterocycles. The largest absolute Gasteiger partial charge is 0.392 e. The van der Waals surface area contributed by atoms with Crippen LogP contribution in [0.4, 0.5) is 0 Å². The van der Waals surface area contributed by atoms with Crippen LogP contribution in [0, 0.1) is 5.92 Å². The van der Waals surface area contributed by atoms with Crippen LogP contribution in [0.5, 0.6) is 0 Å². The van der Waals surface area contributed by atoms with E-state index in [9.17, 15) is 10.2 Å². The Morgan fingerprint density at radius 2 is 1.87 bits per heavy atom. The lowest BCUT2D eigenvalue weighted by Crippen LogP contribution is -2.44. The number of rotatable bonds is 5. The summed E-state index contributed by atoms with van der Waals surface area (Å²) in [6.07, 6.45) is 7.52. The van der Waals surface area contributed by atoms with Gasteiger partial charge in [0.15, 0.2) is 0 Å². The first-order chi connectivity index (χ1) is 7.20. The Hall–Kier alpha value is -0.120. The van der Waals surface area contributed by atoms with Crippen molar-refractivity contribution in [3.8, 4) is 0 Å². The van der Waals surface area contributed by atoms with Crippen molar-refractivity contribution < 1.29 is 10.2 Å². The molecule has 3 nitrogen and oxygen atoms in total. The third-order valence-corrected chi connectivity index (χ3v) is 3.76. The van der Waals surface area contributed by atoms with Crippen LogP contribution in [0.25, 0.3) is 0 Å². The highest BCUT2D eigenvalue weighted by Gasteiger charge is 2.31. The third kappa shape index (κ3) is 3.44. The number of hydrogen-bond acceptors (Lipinski definition) is 3. The molecule has 0 saturated heterocycles. The minimum atomic E-state index is -0.498. The highest BCUT2D eigenvalue weighted by Crippen LogP contribution is 2.32. The van der Waals surface area contributed by atoms with Gasteiger partial charge in [-0.3, -0.25) is 0 Å². The van der Waals surface area contributed by atoms with E-state index in [0.29, 0.717) is 19.0 Å². The molecule has 2 fully saturated rings. The molecule has 88 valence electrons. The smallest absolute Gasteiger partial charge is 0.0771 e. The molecule has 1 atom stereocenters. The quantitative estimate of drug-likeness (QED) is 0.639. The van der Waals surface area contributed by atoms with E-state index in [-0.39, 0.29) is 6.10 Å². The zero-order chi connectivity index (χ0) is 10.7. The van der Waals surface area contributed by atoms with Gasteiger partial charge < -0.3 is 15.5 Å². The maximum absolute atomic E-state index is 10.2. The Kier molecular flexibility index (Phi) is 3.65. The van der Waals surface area contributed by atoms with Gasteiger partial charge in [-0.15, -0.1) is 0 Å². The molecular formula is C12H23NO2. The molecule has 0 heterocycles. The zero-order valence-corrected chi connectivity index (χ0v) is 9.41. The first-order valence-electron chi connectivity index (χ1n) is 6.31. The van der Waals surface area contributed by atoms with Gasteiger partial charge in [0, 0.05) is 13.1 Å². The summed E-state index contributed by atoms with van der Waals surface area (Å²) in [6.45, 7) is 1.30. The number of hydrogen-bond donors (Lipinski definition) is 3. The molecule has 3 N–H and O–H groups in total. The molecule has 15 heavy (non-hydrogen) atoms. The Bertz CT molecular complexity index is 198. The average molecular weight is 213 g/mol. The molecule has 2 rings (SSSR count). The summed E-state index contributed by atoms with van der Waals surface area (Å²) in [5, 5.41) is 23.1. The van der Waals surface area contributed by atoms with Gasteiger partial charge in [0.1, 0.15) is 0 Å². The van der Waals surface area contributed by atoms with Crippen molar-refractivity contribution in [1.29, 1.82) is 0 Å². The highest BCUT2D eigenvalue weighted by molar-refractivity contribution is 4.86. The van der Waals surface area contributed by atoms with Gasteiger partial charge in [-0.25, -0.2) is 0 Å². The topological polar surface area (TPSA) is 52.5 Å². The van der Waals surface area contributed by atoms with E-state index in [4.69, 9.17) is 0 Å². The lowest BCUT2D eigenvalue weighted by molar-refractivity contribution is 0.00218. The number of nitrogens with one attached hydrogen (secondary N) is 1. The fourth-order valence-corrected chi connectivity index (χ4v) is 2.49. The lowest BCUT2D eigenvalue weighted by Gasteiger charge is -2.32. The second-order valence-corrected chi connectivity index (χ2v) is 5.32. The van der Waals surface area contributed by atoms with E-state index in [1.54, 1.807) is 0 Å². The third-order valence-electron chi connectivity index (χ3n) is 3.76. The predicted molar refractivity (Wildman–Crippen MR) is 59.6 cm³/mol. The molecule has 3 heteroatoms. The van der Waals surface area contributed by atoms with E-state index >= 15 is 0 Å². The fourth-order valence-electron chi connectivity index (χ4n) is 2.49. The van der Waals surface area contributed by atoms with Crippen molar-refractivity contribution >= 4 is 0 Å². The van der Waals surface area contributed by atoms with Crippen molar-refractivity contribution in [2.45, 2.75) is 56.7 Å². The standard InChI is InChI=1S/C12H23NO2/c14-11(10-4-5-10)8-13-9-12(15)6-2-1-3-7-12/h10-11,13-15H,1-9H2. The van der Waals surface area contributed by atoms with E-state index in [2.05, 4.69) is 5.32 Å². The molecule has 1 unspecified atom stereocenters. The van der Waals surface area contributed by atoms with Gasteiger partial charge in [0.2, 0.25) is 0 Å². The van der Waals surface area contributed by atoms with Crippen LogP contribution < -0.4 is 5.32 Å². The summed E-state index contributed by atoms with van der Waals surface area (Å²) in [7, 11) is 0. The predicted octanol–water partition coefficient (Wildman–Crippen LogP) is 1.04. The molecule has 2 aliphatic rings. The van der Waals surface area contributed by atoms with Gasteiger partial charge in [0.25, 0.3) is 0 Å². The Morgan fingerprint density at radius 3 is 2.47 bits per heavy atom. The summed E-state index contributed by atoms with van der Waals surface area (Å²) in [6, 6.07) is 0. The second-order valence-electron chi connectivity index (χ2n) is 5.32. The SMILES string of the molecule is OC(CNCC1(O)CCCCC1)C1CC1. The lowest BCUT2D eigenvalue weighted by atomic mass is 9.85. The molecule has 0 amide bonds. The molecule has 0 spiro atoms. The van der Waals surface area contributed by atoms with Crippen molar-refractivity contribution in [3.05, 3.63) is 0 Å². The van der Waals surface area contributed by atoms with Crippen LogP contribution in [0.2, 0.25) is 0 Å². The molecule has 0 aromatic carbocycles. The summed E-state index contributed by atoms with van der Waals surface area (Å²) < 4.78 is 0. The van der Waals surface area contributed by atoms with Gasteiger partial charge >= 0.3 is 0 Å². The minimum Gasteiger partial charge on any atom is -0.392 e.